The van der Waals surface area contributed by atoms with Crippen LogP contribution in [-0.2, 0) is 0 Å². The number of benzene rings is 2. The molecule has 0 atom stereocenters. The zero-order valence-corrected chi connectivity index (χ0v) is 13.6. The molecule has 0 aliphatic carbocycles. The molecule has 2 rings (SSSR count). The number of carboxylic acids is 2. The van der Waals surface area contributed by atoms with Crippen LogP contribution in [0.25, 0.3) is 0 Å². The Balaban J connectivity index is 0.000000392. The molecule has 5 heteroatoms. The van der Waals surface area contributed by atoms with E-state index in [4.69, 9.17) is 5.11 Å². The van der Waals surface area contributed by atoms with Crippen LogP contribution in [0.4, 0.5) is 0 Å². The summed E-state index contributed by atoms with van der Waals surface area (Å²) < 4.78 is 0. The van der Waals surface area contributed by atoms with Crippen molar-refractivity contribution in [2.24, 2.45) is 0 Å². The van der Waals surface area contributed by atoms with Gasteiger partial charge in [-0.1, -0.05) is 54.6 Å². The first kappa shape index (κ1) is 18.0. The molecule has 2 aromatic carbocycles. The average Bonchev–Trinajstić information content (AvgIpc) is 2.41. The summed E-state index contributed by atoms with van der Waals surface area (Å²) in [6.45, 7) is 0. The quantitative estimate of drug-likeness (QED) is 0.676. The number of aromatic carboxylic acids is 2. The SMILES string of the molecule is O=C([O-])c1ccccc1C(=O)O.[K+].c1ccccc1. The molecule has 2 aromatic rings. The average molecular weight is 282 g/mol. The molecular formula is C14H11KO4. The van der Waals surface area contributed by atoms with Crippen molar-refractivity contribution in [1.82, 2.24) is 0 Å². The van der Waals surface area contributed by atoms with Crippen LogP contribution in [0.5, 0.6) is 0 Å². The fourth-order valence-electron chi connectivity index (χ4n) is 1.23. The van der Waals surface area contributed by atoms with Crippen LogP contribution in [0, 0.1) is 0 Å². The molecule has 0 spiro atoms. The van der Waals surface area contributed by atoms with E-state index in [9.17, 15) is 14.7 Å². The van der Waals surface area contributed by atoms with E-state index in [0.717, 1.165) is 0 Å². The topological polar surface area (TPSA) is 77.4 Å². The Morgan fingerprint density at radius 2 is 1.16 bits per heavy atom. The number of carbonyl (C=O) groups is 2. The number of carbonyl (C=O) groups excluding carboxylic acids is 1. The first-order chi connectivity index (χ1) is 8.63. The summed E-state index contributed by atoms with van der Waals surface area (Å²) in [5, 5.41) is 18.9. The van der Waals surface area contributed by atoms with Crippen molar-refractivity contribution in [3.8, 4) is 0 Å². The van der Waals surface area contributed by atoms with Crippen LogP contribution in [0.2, 0.25) is 0 Å². The van der Waals surface area contributed by atoms with E-state index in [1.165, 1.54) is 24.3 Å². The first-order valence-corrected chi connectivity index (χ1v) is 5.16. The van der Waals surface area contributed by atoms with Crippen molar-refractivity contribution < 1.29 is 71.2 Å². The van der Waals surface area contributed by atoms with Crippen LogP contribution in [0.3, 0.4) is 0 Å². The second-order valence-corrected chi connectivity index (χ2v) is 3.29. The Morgan fingerprint density at radius 1 is 0.789 bits per heavy atom. The zero-order valence-electron chi connectivity index (χ0n) is 10.4. The van der Waals surface area contributed by atoms with Gasteiger partial charge >= 0.3 is 57.4 Å². The molecule has 0 radical (unpaired) electrons. The van der Waals surface area contributed by atoms with Crippen molar-refractivity contribution in [2.45, 2.75) is 0 Å². The smallest absolute Gasteiger partial charge is 0.545 e. The summed E-state index contributed by atoms with van der Waals surface area (Å²) in [5.74, 6) is -2.75. The van der Waals surface area contributed by atoms with Crippen LogP contribution < -0.4 is 56.5 Å². The molecule has 19 heavy (non-hydrogen) atoms. The van der Waals surface area contributed by atoms with Crippen LogP contribution in [0.15, 0.2) is 60.7 Å². The molecule has 92 valence electrons. The predicted octanol–water partition coefficient (Wildman–Crippen LogP) is -1.56. The van der Waals surface area contributed by atoms with Gasteiger partial charge in [-0.25, -0.2) is 4.79 Å². The summed E-state index contributed by atoms with van der Waals surface area (Å²) in [6.07, 6.45) is 0. The minimum Gasteiger partial charge on any atom is -0.545 e. The van der Waals surface area contributed by atoms with Crippen LogP contribution in [0.1, 0.15) is 20.7 Å². The summed E-state index contributed by atoms with van der Waals surface area (Å²) >= 11 is 0. The van der Waals surface area contributed by atoms with Crippen molar-refractivity contribution >= 4 is 11.9 Å². The normalized spacial score (nSPS) is 8.42. The van der Waals surface area contributed by atoms with Crippen molar-refractivity contribution in [3.05, 3.63) is 71.8 Å². The maximum Gasteiger partial charge on any atom is 1.00 e. The second kappa shape index (κ2) is 9.88. The Bertz CT molecular complexity index is 466. The van der Waals surface area contributed by atoms with E-state index in [2.05, 4.69) is 0 Å². The first-order valence-electron chi connectivity index (χ1n) is 5.16. The number of carboxylic acid groups (broad SMARTS) is 2. The van der Waals surface area contributed by atoms with E-state index in [-0.39, 0.29) is 62.5 Å². The van der Waals surface area contributed by atoms with E-state index < -0.39 is 11.9 Å². The third-order valence-corrected chi connectivity index (χ3v) is 2.04. The molecule has 0 saturated heterocycles. The van der Waals surface area contributed by atoms with Gasteiger partial charge in [-0.15, -0.1) is 0 Å². The molecule has 1 N–H and O–H groups in total. The number of rotatable bonds is 2. The van der Waals surface area contributed by atoms with Gasteiger partial charge in [0.2, 0.25) is 0 Å². The van der Waals surface area contributed by atoms with Crippen molar-refractivity contribution in [2.75, 3.05) is 0 Å². The minimum atomic E-state index is -1.48. The van der Waals surface area contributed by atoms with Gasteiger partial charge in [-0.2, -0.15) is 0 Å². The molecule has 4 nitrogen and oxygen atoms in total. The molecule has 0 fully saturated rings. The number of hydrogen-bond acceptors (Lipinski definition) is 3. The fraction of sp³-hybridized carbons (Fsp3) is 0. The molecule has 0 amide bonds. The van der Waals surface area contributed by atoms with Gasteiger partial charge in [-0.05, 0) is 6.07 Å². The largest absolute Gasteiger partial charge is 1.00 e. The fourth-order valence-corrected chi connectivity index (χ4v) is 1.23. The molecule has 0 aromatic heterocycles. The molecule has 0 aliphatic heterocycles. The van der Waals surface area contributed by atoms with Gasteiger partial charge in [0.1, 0.15) is 0 Å². The Kier molecular flexibility index (Phi) is 9.37. The maximum absolute atomic E-state index is 10.4. The molecular weight excluding hydrogens is 271 g/mol. The van der Waals surface area contributed by atoms with E-state index in [0.29, 0.717) is 0 Å². The second-order valence-electron chi connectivity index (χ2n) is 3.29. The molecule has 0 unspecified atom stereocenters. The molecule has 0 bridgehead atoms. The third kappa shape index (κ3) is 6.65. The summed E-state index contributed by atoms with van der Waals surface area (Å²) in [4.78, 5) is 20.8. The minimum absolute atomic E-state index is 0. The Hall–Kier alpha value is -0.984. The summed E-state index contributed by atoms with van der Waals surface area (Å²) in [6, 6.07) is 17.3. The van der Waals surface area contributed by atoms with Crippen molar-refractivity contribution in [1.29, 1.82) is 0 Å². The molecule has 0 aliphatic rings. The monoisotopic (exact) mass is 282 g/mol. The Labute approximate surface area is 153 Å². The van der Waals surface area contributed by atoms with Crippen LogP contribution in [-0.4, -0.2) is 17.0 Å². The van der Waals surface area contributed by atoms with E-state index in [1.807, 2.05) is 36.4 Å². The van der Waals surface area contributed by atoms with Gasteiger partial charge in [0.15, 0.2) is 0 Å². The van der Waals surface area contributed by atoms with Crippen LogP contribution >= 0.6 is 0 Å². The zero-order chi connectivity index (χ0) is 13.4. The maximum atomic E-state index is 10.4. The summed E-state index contributed by atoms with van der Waals surface area (Å²) in [5.41, 5.74) is -0.553. The van der Waals surface area contributed by atoms with Gasteiger partial charge in [-0.3, -0.25) is 0 Å². The van der Waals surface area contributed by atoms with E-state index in [1.54, 1.807) is 0 Å². The van der Waals surface area contributed by atoms with E-state index >= 15 is 0 Å². The van der Waals surface area contributed by atoms with Gasteiger partial charge < -0.3 is 15.0 Å². The van der Waals surface area contributed by atoms with Gasteiger partial charge in [0.05, 0.1) is 11.5 Å². The molecule has 0 saturated carbocycles. The van der Waals surface area contributed by atoms with Gasteiger partial charge in [0, 0.05) is 5.56 Å². The number of hydrogen-bond donors (Lipinski definition) is 1. The third-order valence-electron chi connectivity index (χ3n) is 2.04. The molecule has 0 heterocycles. The summed E-state index contributed by atoms with van der Waals surface area (Å²) in [7, 11) is 0. The van der Waals surface area contributed by atoms with Gasteiger partial charge in [0.25, 0.3) is 0 Å². The predicted molar refractivity (Wildman–Crippen MR) is 64.2 cm³/mol. The Morgan fingerprint density at radius 3 is 1.42 bits per heavy atom. The van der Waals surface area contributed by atoms with Crippen molar-refractivity contribution in [3.63, 3.8) is 0 Å². The standard InChI is InChI=1S/C8H6O4.C6H6.K/c9-7(10)5-3-1-2-4-6(5)8(11)12;1-2-4-6-5-3-1;/h1-4H,(H,9,10)(H,11,12);1-6H;/q;;+1/p-1.